The highest BCUT2D eigenvalue weighted by molar-refractivity contribution is 8.04. The lowest BCUT2D eigenvalue weighted by atomic mass is 11.0. The van der Waals surface area contributed by atoms with Crippen molar-refractivity contribution in [2.45, 2.75) is 13.8 Å². The average Bonchev–Trinajstić information content (AvgIpc) is 2.02. The van der Waals surface area contributed by atoms with Gasteiger partial charge in [0.15, 0.2) is 0 Å². The summed E-state index contributed by atoms with van der Waals surface area (Å²) in [5.41, 5.74) is 4.69. The summed E-state index contributed by atoms with van der Waals surface area (Å²) in [6, 6.07) is -1.51. The lowest BCUT2D eigenvalue weighted by Crippen LogP contribution is -2.46. The van der Waals surface area contributed by atoms with Crippen LogP contribution in [0, 0.1) is 0 Å². The molecule has 2 amide bonds. The standard InChI is InChI=1S/C5H12N2O5S2/c1-3-13(9,10)7(5(6)8)14(11,12)4-2/h3-4H2,1-2H3,(H2,6,8). The molecule has 0 aromatic rings. The van der Waals surface area contributed by atoms with E-state index in [0.717, 1.165) is 0 Å². The summed E-state index contributed by atoms with van der Waals surface area (Å²) in [4.78, 5) is 10.7. The van der Waals surface area contributed by atoms with Gasteiger partial charge in [-0.1, -0.05) is 0 Å². The minimum Gasteiger partial charge on any atom is -0.350 e. The van der Waals surface area contributed by atoms with Gasteiger partial charge in [0, 0.05) is 0 Å². The molecule has 0 heterocycles. The smallest absolute Gasteiger partial charge is 0.342 e. The van der Waals surface area contributed by atoms with E-state index in [2.05, 4.69) is 5.73 Å². The fourth-order valence-electron chi connectivity index (χ4n) is 0.682. The van der Waals surface area contributed by atoms with E-state index < -0.39 is 37.6 Å². The molecule has 0 aromatic carbocycles. The lowest BCUT2D eigenvalue weighted by molar-refractivity contribution is 0.244. The van der Waals surface area contributed by atoms with E-state index >= 15 is 0 Å². The monoisotopic (exact) mass is 244 g/mol. The number of amides is 2. The second-order valence-corrected chi connectivity index (χ2v) is 6.78. The Hall–Kier alpha value is -0.830. The third-order valence-electron chi connectivity index (χ3n) is 1.41. The largest absolute Gasteiger partial charge is 0.350 e. The Morgan fingerprint density at radius 1 is 1.07 bits per heavy atom. The number of sulfonamides is 2. The van der Waals surface area contributed by atoms with Crippen LogP contribution < -0.4 is 5.73 Å². The molecule has 0 aliphatic carbocycles. The van der Waals surface area contributed by atoms with Gasteiger partial charge < -0.3 is 5.73 Å². The molecule has 0 spiro atoms. The van der Waals surface area contributed by atoms with Crippen LogP contribution in [-0.2, 0) is 20.0 Å². The van der Waals surface area contributed by atoms with Crippen LogP contribution in [0.2, 0.25) is 0 Å². The summed E-state index contributed by atoms with van der Waals surface area (Å²) in [5, 5.41) is 0. The number of nitrogens with zero attached hydrogens (tertiary/aromatic N) is 1. The minimum absolute atomic E-state index is 0.264. The summed E-state index contributed by atoms with van der Waals surface area (Å²) in [6.45, 7) is 2.44. The predicted octanol–water partition coefficient (Wildman–Crippen LogP) is -0.933. The number of primary amides is 1. The van der Waals surface area contributed by atoms with E-state index in [-0.39, 0.29) is 3.71 Å². The Labute approximate surface area is 83.0 Å². The van der Waals surface area contributed by atoms with Crippen molar-refractivity contribution in [3.8, 4) is 0 Å². The molecule has 0 fully saturated rings. The van der Waals surface area contributed by atoms with Crippen LogP contribution in [0.25, 0.3) is 0 Å². The molecule has 14 heavy (non-hydrogen) atoms. The van der Waals surface area contributed by atoms with E-state index in [9.17, 15) is 21.6 Å². The fraction of sp³-hybridized carbons (Fsp3) is 0.800. The Morgan fingerprint density at radius 3 is 1.50 bits per heavy atom. The maximum Gasteiger partial charge on any atom is 0.342 e. The van der Waals surface area contributed by atoms with Crippen LogP contribution in [-0.4, -0.2) is 38.1 Å². The van der Waals surface area contributed by atoms with Gasteiger partial charge in [0.05, 0.1) is 11.5 Å². The molecule has 0 rings (SSSR count). The van der Waals surface area contributed by atoms with Crippen molar-refractivity contribution in [2.75, 3.05) is 11.5 Å². The van der Waals surface area contributed by atoms with Gasteiger partial charge in [0.25, 0.3) is 20.0 Å². The van der Waals surface area contributed by atoms with E-state index in [0.29, 0.717) is 0 Å². The van der Waals surface area contributed by atoms with Crippen molar-refractivity contribution in [2.24, 2.45) is 5.73 Å². The average molecular weight is 244 g/mol. The van der Waals surface area contributed by atoms with Gasteiger partial charge in [-0.3, -0.25) is 0 Å². The first-order valence-electron chi connectivity index (χ1n) is 3.74. The molecule has 0 aromatic heterocycles. The Morgan fingerprint density at radius 2 is 1.36 bits per heavy atom. The van der Waals surface area contributed by atoms with Crippen molar-refractivity contribution < 1.29 is 21.6 Å². The molecule has 0 aliphatic heterocycles. The highest BCUT2D eigenvalue weighted by atomic mass is 32.3. The van der Waals surface area contributed by atoms with Gasteiger partial charge in [-0.2, -0.15) is 0 Å². The number of carbonyl (C=O) groups is 1. The lowest BCUT2D eigenvalue weighted by Gasteiger charge is -2.17. The Balaban J connectivity index is 5.54. The number of urea groups is 1. The van der Waals surface area contributed by atoms with Crippen LogP contribution >= 0.6 is 0 Å². The summed E-state index contributed by atoms with van der Waals surface area (Å²) >= 11 is 0. The summed E-state index contributed by atoms with van der Waals surface area (Å²) in [7, 11) is -8.32. The van der Waals surface area contributed by atoms with Crippen molar-refractivity contribution in [1.82, 2.24) is 3.71 Å². The zero-order valence-corrected chi connectivity index (χ0v) is 9.43. The second-order valence-electron chi connectivity index (χ2n) is 2.34. The second kappa shape index (κ2) is 4.13. The van der Waals surface area contributed by atoms with Crippen LogP contribution in [0.1, 0.15) is 13.8 Å². The molecule has 0 saturated heterocycles. The quantitative estimate of drug-likeness (QED) is 0.685. The third-order valence-corrected chi connectivity index (χ3v) is 5.61. The SMILES string of the molecule is CCS(=O)(=O)N(C(N)=O)S(=O)(=O)CC. The van der Waals surface area contributed by atoms with Crippen molar-refractivity contribution in [1.29, 1.82) is 0 Å². The van der Waals surface area contributed by atoms with Crippen molar-refractivity contribution >= 4 is 26.1 Å². The third kappa shape index (κ3) is 2.58. The van der Waals surface area contributed by atoms with E-state index in [1.807, 2.05) is 0 Å². The number of nitrogens with two attached hydrogens (primary N) is 1. The number of rotatable bonds is 4. The topological polar surface area (TPSA) is 115 Å². The van der Waals surface area contributed by atoms with Gasteiger partial charge >= 0.3 is 6.03 Å². The summed E-state index contributed by atoms with van der Waals surface area (Å²) in [6.07, 6.45) is 0. The molecule has 2 N–H and O–H groups in total. The summed E-state index contributed by atoms with van der Waals surface area (Å²) in [5.74, 6) is -1.01. The van der Waals surface area contributed by atoms with Gasteiger partial charge in [0.2, 0.25) is 0 Å². The molecular formula is C5H12N2O5S2. The molecular weight excluding hydrogens is 232 g/mol. The minimum atomic E-state index is -4.16. The molecule has 0 bridgehead atoms. The first kappa shape index (κ1) is 13.2. The first-order chi connectivity index (χ1) is 6.19. The number of carbonyl (C=O) groups excluding carboxylic acids is 1. The van der Waals surface area contributed by atoms with Gasteiger partial charge in [0.1, 0.15) is 0 Å². The van der Waals surface area contributed by atoms with Crippen molar-refractivity contribution in [3.05, 3.63) is 0 Å². The molecule has 0 unspecified atom stereocenters. The molecule has 7 nitrogen and oxygen atoms in total. The molecule has 0 atom stereocenters. The fourth-order valence-corrected chi connectivity index (χ4v) is 3.72. The Bertz CT molecular complexity index is 375. The molecule has 9 heteroatoms. The van der Waals surface area contributed by atoms with Crippen LogP contribution in [0.4, 0.5) is 4.79 Å². The maximum atomic E-state index is 11.2. The van der Waals surface area contributed by atoms with Crippen LogP contribution in [0.3, 0.4) is 0 Å². The van der Waals surface area contributed by atoms with Gasteiger partial charge in [-0.15, -0.1) is 3.71 Å². The number of hydrogen-bond acceptors (Lipinski definition) is 5. The molecule has 0 radical (unpaired) electrons. The van der Waals surface area contributed by atoms with E-state index in [4.69, 9.17) is 0 Å². The van der Waals surface area contributed by atoms with E-state index in [1.165, 1.54) is 13.8 Å². The highest BCUT2D eigenvalue weighted by Gasteiger charge is 2.34. The number of hydrogen-bond donors (Lipinski definition) is 1. The predicted molar refractivity (Wildman–Crippen MR) is 50.3 cm³/mol. The van der Waals surface area contributed by atoms with Gasteiger partial charge in [-0.25, -0.2) is 21.6 Å². The van der Waals surface area contributed by atoms with Crippen LogP contribution in [0.15, 0.2) is 0 Å². The normalized spacial score (nSPS) is 12.4. The molecule has 0 saturated carbocycles. The van der Waals surface area contributed by atoms with Gasteiger partial charge in [-0.05, 0) is 13.8 Å². The van der Waals surface area contributed by atoms with E-state index in [1.54, 1.807) is 0 Å². The molecule has 0 aliphatic rings. The van der Waals surface area contributed by atoms with Crippen molar-refractivity contribution in [3.63, 3.8) is 0 Å². The zero-order chi connectivity index (χ0) is 11.6. The van der Waals surface area contributed by atoms with Crippen LogP contribution in [0.5, 0.6) is 0 Å². The maximum absolute atomic E-state index is 11.2. The zero-order valence-electron chi connectivity index (χ0n) is 7.80. The highest BCUT2D eigenvalue weighted by Crippen LogP contribution is 2.09. The first-order valence-corrected chi connectivity index (χ1v) is 6.96. The molecule has 84 valence electrons. The summed E-state index contributed by atoms with van der Waals surface area (Å²) < 4.78 is 44.5. The Kier molecular flexibility index (Phi) is 3.89.